The number of rotatable bonds is 2. The molecule has 0 spiro atoms. The second kappa shape index (κ2) is 4.87. The van der Waals surface area contributed by atoms with Crippen LogP contribution in [0.1, 0.15) is 0 Å². The van der Waals surface area contributed by atoms with Gasteiger partial charge < -0.3 is 0 Å². The van der Waals surface area contributed by atoms with Crippen molar-refractivity contribution in [2.75, 3.05) is 0 Å². The summed E-state index contributed by atoms with van der Waals surface area (Å²) >= 11 is 0. The number of benzene rings is 2. The number of fused-ring (bicyclic) bond motifs is 1. The van der Waals surface area contributed by atoms with E-state index in [1.807, 2.05) is 36.4 Å². The molecule has 0 saturated heterocycles. The van der Waals surface area contributed by atoms with E-state index in [9.17, 15) is 0 Å². The van der Waals surface area contributed by atoms with Gasteiger partial charge in [0.25, 0.3) is 0 Å². The van der Waals surface area contributed by atoms with Gasteiger partial charge in [0.15, 0.2) is 0 Å². The van der Waals surface area contributed by atoms with E-state index in [2.05, 4.69) is 44.9 Å². The Kier molecular flexibility index (Phi) is 2.75. The molecule has 3 heteroatoms. The molecule has 0 unspecified atom stereocenters. The van der Waals surface area contributed by atoms with Crippen molar-refractivity contribution in [3.63, 3.8) is 0 Å². The smallest absolute Gasteiger partial charge is 0.234 e. The van der Waals surface area contributed by atoms with Crippen molar-refractivity contribution in [3.8, 4) is 17.2 Å². The van der Waals surface area contributed by atoms with Crippen LogP contribution in [0, 0.1) is 0 Å². The largest absolute Gasteiger partial charge is 0.278 e. The number of hydrogen-bond donors (Lipinski definition) is 0. The van der Waals surface area contributed by atoms with Crippen LogP contribution in [0.25, 0.3) is 28.1 Å². The van der Waals surface area contributed by atoms with Gasteiger partial charge in [-0.15, -0.1) is 0 Å². The highest BCUT2D eigenvalue weighted by atomic mass is 15.2. The highest BCUT2D eigenvalue weighted by Gasteiger charge is 2.13. The van der Waals surface area contributed by atoms with E-state index in [1.165, 1.54) is 5.39 Å². The minimum Gasteiger partial charge on any atom is -0.278 e. The van der Waals surface area contributed by atoms with Gasteiger partial charge in [0.2, 0.25) is 5.95 Å². The molecule has 0 amide bonds. The highest BCUT2D eigenvalue weighted by Crippen LogP contribution is 2.29. The fraction of sp³-hybridized carbons (Fsp3) is 0. The van der Waals surface area contributed by atoms with Crippen LogP contribution in [0.4, 0.5) is 0 Å². The average Bonchev–Trinajstić information content (AvgIpc) is 2.96. The molecule has 100 valence electrons. The van der Waals surface area contributed by atoms with Crippen LogP contribution in [0.2, 0.25) is 0 Å². The molecule has 4 rings (SSSR count). The van der Waals surface area contributed by atoms with Crippen molar-refractivity contribution >= 4 is 10.9 Å². The van der Waals surface area contributed by atoms with Gasteiger partial charge in [-0.25, -0.2) is 9.97 Å². The molecule has 21 heavy (non-hydrogen) atoms. The quantitative estimate of drug-likeness (QED) is 0.550. The normalized spacial score (nSPS) is 10.9. The first-order valence-corrected chi connectivity index (χ1v) is 6.87. The maximum Gasteiger partial charge on any atom is 0.234 e. The lowest BCUT2D eigenvalue weighted by Crippen LogP contribution is -2.01. The lowest BCUT2D eigenvalue weighted by atomic mass is 10.1. The minimum absolute atomic E-state index is 0.692. The summed E-state index contributed by atoms with van der Waals surface area (Å²) in [6.07, 6.45) is 3.54. The summed E-state index contributed by atoms with van der Waals surface area (Å²) in [5.74, 6) is 0.692. The third-order valence-electron chi connectivity index (χ3n) is 3.53. The zero-order valence-corrected chi connectivity index (χ0v) is 11.3. The molecule has 2 heterocycles. The molecule has 0 radical (unpaired) electrons. The maximum atomic E-state index is 4.41. The molecular formula is C18H13N3. The Hall–Kier alpha value is -2.94. The lowest BCUT2D eigenvalue weighted by Gasteiger charge is -2.08. The van der Waals surface area contributed by atoms with Crippen LogP contribution in [0.15, 0.2) is 79.1 Å². The van der Waals surface area contributed by atoms with Gasteiger partial charge in [0.05, 0.1) is 11.2 Å². The van der Waals surface area contributed by atoms with Crippen LogP contribution in [-0.4, -0.2) is 14.5 Å². The summed E-state index contributed by atoms with van der Waals surface area (Å²) in [6.45, 7) is 0. The van der Waals surface area contributed by atoms with Crippen molar-refractivity contribution in [1.82, 2.24) is 14.5 Å². The molecule has 4 aromatic rings. The van der Waals surface area contributed by atoms with Crippen molar-refractivity contribution in [2.45, 2.75) is 0 Å². The summed E-state index contributed by atoms with van der Waals surface area (Å²) in [7, 11) is 0. The first-order valence-electron chi connectivity index (χ1n) is 6.87. The molecule has 0 aliphatic heterocycles. The third-order valence-corrected chi connectivity index (χ3v) is 3.53. The number of para-hydroxylation sites is 1. The second-order valence-corrected chi connectivity index (χ2v) is 4.84. The predicted molar refractivity (Wildman–Crippen MR) is 84.3 cm³/mol. The van der Waals surface area contributed by atoms with E-state index in [0.29, 0.717) is 5.95 Å². The lowest BCUT2D eigenvalue weighted by molar-refractivity contribution is 0.968. The monoisotopic (exact) mass is 271 g/mol. The molecule has 0 atom stereocenters. The molecule has 0 bridgehead atoms. The first kappa shape index (κ1) is 11.9. The van der Waals surface area contributed by atoms with E-state index < -0.39 is 0 Å². The molecule has 2 aromatic heterocycles. The van der Waals surface area contributed by atoms with Crippen LogP contribution >= 0.6 is 0 Å². The van der Waals surface area contributed by atoms with E-state index >= 15 is 0 Å². The summed E-state index contributed by atoms with van der Waals surface area (Å²) in [5, 5.41) is 1.18. The van der Waals surface area contributed by atoms with Gasteiger partial charge in [0, 0.05) is 17.8 Å². The van der Waals surface area contributed by atoms with E-state index in [1.54, 1.807) is 12.4 Å². The van der Waals surface area contributed by atoms with Crippen molar-refractivity contribution in [2.24, 2.45) is 0 Å². The highest BCUT2D eigenvalue weighted by molar-refractivity contribution is 5.88. The Morgan fingerprint density at radius 3 is 2.24 bits per heavy atom. The van der Waals surface area contributed by atoms with Crippen LogP contribution < -0.4 is 0 Å². The van der Waals surface area contributed by atoms with E-state index in [4.69, 9.17) is 0 Å². The summed E-state index contributed by atoms with van der Waals surface area (Å²) < 4.78 is 2.10. The topological polar surface area (TPSA) is 30.7 Å². The van der Waals surface area contributed by atoms with Gasteiger partial charge >= 0.3 is 0 Å². The number of aromatic nitrogens is 3. The predicted octanol–water partition coefficient (Wildman–Crippen LogP) is 4.09. The van der Waals surface area contributed by atoms with Crippen LogP contribution in [0.3, 0.4) is 0 Å². The van der Waals surface area contributed by atoms with E-state index in [-0.39, 0.29) is 0 Å². The maximum absolute atomic E-state index is 4.41. The van der Waals surface area contributed by atoms with Gasteiger partial charge in [-0.3, -0.25) is 4.57 Å². The molecule has 0 aliphatic carbocycles. The second-order valence-electron chi connectivity index (χ2n) is 4.84. The van der Waals surface area contributed by atoms with Crippen molar-refractivity contribution in [1.29, 1.82) is 0 Å². The molecule has 3 nitrogen and oxygen atoms in total. The Labute approximate surface area is 122 Å². The molecule has 0 aliphatic rings. The SMILES string of the molecule is c1ccc(-c2cc3ccccc3n2-c2ncccn2)cc1. The Balaban J connectivity index is 2.07. The van der Waals surface area contributed by atoms with Gasteiger partial charge in [-0.2, -0.15) is 0 Å². The van der Waals surface area contributed by atoms with Gasteiger partial charge in [-0.05, 0) is 23.8 Å². The summed E-state index contributed by atoms with van der Waals surface area (Å²) in [5.41, 5.74) is 3.37. The molecule has 0 saturated carbocycles. The Morgan fingerprint density at radius 2 is 1.43 bits per heavy atom. The molecular weight excluding hydrogens is 258 g/mol. The first-order chi connectivity index (χ1) is 10.4. The fourth-order valence-electron chi connectivity index (χ4n) is 2.60. The van der Waals surface area contributed by atoms with Gasteiger partial charge in [-0.1, -0.05) is 48.5 Å². The Bertz CT molecular complexity index is 880. The minimum atomic E-state index is 0.692. The molecule has 2 aromatic carbocycles. The summed E-state index contributed by atoms with van der Waals surface area (Å²) in [4.78, 5) is 8.82. The standard InChI is InChI=1S/C18H13N3/c1-2-7-14(8-3-1)17-13-15-9-4-5-10-16(15)21(17)18-19-11-6-12-20-18/h1-13H. The number of nitrogens with zero attached hydrogens (tertiary/aromatic N) is 3. The van der Waals surface area contributed by atoms with E-state index in [0.717, 1.165) is 16.8 Å². The summed E-state index contributed by atoms with van der Waals surface area (Å²) in [6, 6.07) is 22.6. The fourth-order valence-corrected chi connectivity index (χ4v) is 2.60. The van der Waals surface area contributed by atoms with Crippen LogP contribution in [0.5, 0.6) is 0 Å². The number of hydrogen-bond acceptors (Lipinski definition) is 2. The van der Waals surface area contributed by atoms with Crippen molar-refractivity contribution in [3.05, 3.63) is 79.1 Å². The van der Waals surface area contributed by atoms with Gasteiger partial charge in [0.1, 0.15) is 0 Å². The third kappa shape index (κ3) is 1.99. The Morgan fingerprint density at radius 1 is 0.714 bits per heavy atom. The molecule has 0 fully saturated rings. The van der Waals surface area contributed by atoms with Crippen LogP contribution in [-0.2, 0) is 0 Å². The van der Waals surface area contributed by atoms with Crippen molar-refractivity contribution < 1.29 is 0 Å². The average molecular weight is 271 g/mol. The zero-order valence-electron chi connectivity index (χ0n) is 11.3. The molecule has 0 N–H and O–H groups in total. The zero-order chi connectivity index (χ0) is 14.1.